The van der Waals surface area contributed by atoms with Gasteiger partial charge in [-0.3, -0.25) is 4.79 Å². The van der Waals surface area contributed by atoms with E-state index < -0.39 is 0 Å². The zero-order chi connectivity index (χ0) is 13.5. The molecule has 0 saturated carbocycles. The van der Waals surface area contributed by atoms with Gasteiger partial charge in [0, 0.05) is 18.0 Å². The lowest BCUT2D eigenvalue weighted by molar-refractivity contribution is 0.0420. The number of Topliss-reactive ketones (excluding diaryl/α,β-unsaturated/α-hetero) is 1. The number of hydrogen-bond acceptors (Lipinski definition) is 2. The smallest absolute Gasteiger partial charge is 0.168 e. The molecule has 3 aliphatic rings. The van der Waals surface area contributed by atoms with Crippen LogP contribution >= 0.6 is 0 Å². The van der Waals surface area contributed by atoms with E-state index in [4.69, 9.17) is 0 Å². The molecule has 0 N–H and O–H groups in total. The van der Waals surface area contributed by atoms with Crippen molar-refractivity contribution in [2.45, 2.75) is 12.8 Å². The molecule has 0 aliphatic carbocycles. The van der Waals surface area contributed by atoms with Crippen LogP contribution in [-0.2, 0) is 0 Å². The summed E-state index contributed by atoms with van der Waals surface area (Å²) in [5, 5.41) is 2.27. The van der Waals surface area contributed by atoms with Crippen molar-refractivity contribution in [3.63, 3.8) is 0 Å². The molecule has 3 fully saturated rings. The van der Waals surface area contributed by atoms with Crippen LogP contribution in [0.3, 0.4) is 0 Å². The van der Waals surface area contributed by atoms with Crippen molar-refractivity contribution in [2.24, 2.45) is 11.8 Å². The second-order valence-electron chi connectivity index (χ2n) is 6.14. The molecule has 20 heavy (non-hydrogen) atoms. The van der Waals surface area contributed by atoms with Crippen molar-refractivity contribution in [3.8, 4) is 0 Å². The number of fused-ring (bicyclic) bond motifs is 4. The number of benzene rings is 2. The largest absolute Gasteiger partial charge is 0.303 e. The van der Waals surface area contributed by atoms with Gasteiger partial charge in [-0.05, 0) is 42.6 Å². The Balaban J connectivity index is 1.74. The zero-order valence-corrected chi connectivity index (χ0v) is 11.6. The van der Waals surface area contributed by atoms with E-state index >= 15 is 0 Å². The molecule has 2 heteroatoms. The van der Waals surface area contributed by atoms with Crippen LogP contribution in [0.25, 0.3) is 10.8 Å². The highest BCUT2D eigenvalue weighted by Gasteiger charge is 2.38. The van der Waals surface area contributed by atoms with Gasteiger partial charge >= 0.3 is 0 Å². The fourth-order valence-corrected chi connectivity index (χ4v) is 3.90. The summed E-state index contributed by atoms with van der Waals surface area (Å²) in [6.07, 6.45) is 2.39. The zero-order valence-electron chi connectivity index (χ0n) is 11.6. The number of ketones is 1. The van der Waals surface area contributed by atoms with Crippen LogP contribution in [0.2, 0.25) is 0 Å². The number of hydrogen-bond donors (Lipinski definition) is 0. The van der Waals surface area contributed by atoms with Crippen molar-refractivity contribution in [2.75, 3.05) is 19.6 Å². The van der Waals surface area contributed by atoms with E-state index in [0.717, 1.165) is 17.5 Å². The summed E-state index contributed by atoms with van der Waals surface area (Å²) in [7, 11) is 0. The average Bonchev–Trinajstić information content (AvgIpc) is 2.54. The molecule has 0 aromatic heterocycles. The molecular weight excluding hydrogens is 246 g/mol. The van der Waals surface area contributed by atoms with Gasteiger partial charge in [0.05, 0.1) is 0 Å². The Bertz CT molecular complexity index is 650. The van der Waals surface area contributed by atoms with E-state index in [-0.39, 0.29) is 5.92 Å². The predicted molar refractivity (Wildman–Crippen MR) is 80.9 cm³/mol. The van der Waals surface area contributed by atoms with Crippen molar-refractivity contribution in [3.05, 3.63) is 48.0 Å². The van der Waals surface area contributed by atoms with Gasteiger partial charge in [0.15, 0.2) is 5.78 Å². The number of piperidine rings is 3. The normalized spacial score (nSPS) is 28.7. The topological polar surface area (TPSA) is 20.3 Å². The molecule has 2 nitrogen and oxygen atoms in total. The molecular formula is C18H19NO. The first kappa shape index (κ1) is 12.1. The number of nitrogens with zero attached hydrogens (tertiary/aromatic N) is 1. The molecule has 0 amide bonds. The van der Waals surface area contributed by atoms with E-state index in [2.05, 4.69) is 23.1 Å². The minimum Gasteiger partial charge on any atom is -0.303 e. The van der Waals surface area contributed by atoms with E-state index in [1.807, 2.05) is 24.3 Å². The molecule has 102 valence electrons. The van der Waals surface area contributed by atoms with E-state index in [1.54, 1.807) is 0 Å². The maximum absolute atomic E-state index is 13.0. The summed E-state index contributed by atoms with van der Waals surface area (Å²) in [4.78, 5) is 15.4. The first-order valence-corrected chi connectivity index (χ1v) is 7.57. The van der Waals surface area contributed by atoms with Gasteiger partial charge in [0.25, 0.3) is 0 Å². The van der Waals surface area contributed by atoms with Gasteiger partial charge in [-0.1, -0.05) is 42.5 Å². The molecule has 3 saturated heterocycles. The summed E-state index contributed by atoms with van der Waals surface area (Å²) in [5.74, 6) is 1.17. The van der Waals surface area contributed by atoms with Crippen LogP contribution in [0.1, 0.15) is 23.2 Å². The van der Waals surface area contributed by atoms with Gasteiger partial charge in [0.2, 0.25) is 0 Å². The van der Waals surface area contributed by atoms with E-state index in [0.29, 0.717) is 11.7 Å². The lowest BCUT2D eigenvalue weighted by Crippen LogP contribution is -2.50. The minimum absolute atomic E-state index is 0.211. The highest BCUT2D eigenvalue weighted by atomic mass is 16.1. The molecule has 1 unspecified atom stereocenters. The van der Waals surface area contributed by atoms with Crippen LogP contribution in [0.5, 0.6) is 0 Å². The molecule has 2 aromatic carbocycles. The predicted octanol–water partition coefficient (Wildman–Crippen LogP) is 3.36. The standard InChI is InChI=1S/C18H19NO/c20-18(17-12-19-10-8-14(17)9-11-19)16-7-3-5-13-4-1-2-6-15(13)16/h1-7,14,17H,8-12H2. The summed E-state index contributed by atoms with van der Waals surface area (Å²) in [6.45, 7) is 3.33. The van der Waals surface area contributed by atoms with Crippen molar-refractivity contribution in [1.29, 1.82) is 0 Å². The maximum atomic E-state index is 13.0. The van der Waals surface area contributed by atoms with Gasteiger partial charge in [0.1, 0.15) is 0 Å². The monoisotopic (exact) mass is 265 g/mol. The number of carbonyl (C=O) groups is 1. The first-order chi connectivity index (χ1) is 9.83. The van der Waals surface area contributed by atoms with Crippen LogP contribution in [0.4, 0.5) is 0 Å². The molecule has 2 aromatic rings. The van der Waals surface area contributed by atoms with E-state index in [9.17, 15) is 4.79 Å². The molecule has 3 heterocycles. The van der Waals surface area contributed by atoms with Gasteiger partial charge < -0.3 is 4.90 Å². The lowest BCUT2D eigenvalue weighted by atomic mass is 9.75. The Kier molecular flexibility index (Phi) is 2.85. The molecule has 3 aliphatic heterocycles. The molecule has 2 bridgehead atoms. The third kappa shape index (κ3) is 1.87. The lowest BCUT2D eigenvalue weighted by Gasteiger charge is -2.44. The molecule has 5 rings (SSSR count). The van der Waals surface area contributed by atoms with Crippen molar-refractivity contribution >= 4 is 16.6 Å². The SMILES string of the molecule is O=C(c1cccc2ccccc12)C1CN2CCC1CC2. The number of rotatable bonds is 2. The first-order valence-electron chi connectivity index (χ1n) is 7.57. The Labute approximate surface area is 119 Å². The summed E-state index contributed by atoms with van der Waals surface area (Å²) in [5.41, 5.74) is 0.918. The third-order valence-electron chi connectivity index (χ3n) is 5.05. The van der Waals surface area contributed by atoms with Crippen LogP contribution in [0, 0.1) is 11.8 Å². The van der Waals surface area contributed by atoms with Crippen LogP contribution in [-0.4, -0.2) is 30.3 Å². The van der Waals surface area contributed by atoms with E-state index in [1.165, 1.54) is 31.3 Å². The fraction of sp³-hybridized carbons (Fsp3) is 0.389. The number of carbonyl (C=O) groups excluding carboxylic acids is 1. The van der Waals surface area contributed by atoms with Crippen molar-refractivity contribution in [1.82, 2.24) is 4.90 Å². The van der Waals surface area contributed by atoms with Gasteiger partial charge in [-0.2, -0.15) is 0 Å². The van der Waals surface area contributed by atoms with Gasteiger partial charge in [-0.25, -0.2) is 0 Å². The summed E-state index contributed by atoms with van der Waals surface area (Å²) < 4.78 is 0. The highest BCUT2D eigenvalue weighted by Crippen LogP contribution is 2.35. The molecule has 1 atom stereocenters. The fourth-order valence-electron chi connectivity index (χ4n) is 3.90. The maximum Gasteiger partial charge on any atom is 0.168 e. The third-order valence-corrected chi connectivity index (χ3v) is 5.05. The summed E-state index contributed by atoms with van der Waals surface area (Å²) >= 11 is 0. The van der Waals surface area contributed by atoms with Crippen LogP contribution in [0.15, 0.2) is 42.5 Å². The average molecular weight is 265 g/mol. The molecule has 0 spiro atoms. The molecule has 0 radical (unpaired) electrons. The van der Waals surface area contributed by atoms with Gasteiger partial charge in [-0.15, -0.1) is 0 Å². The highest BCUT2D eigenvalue weighted by molar-refractivity contribution is 6.09. The second-order valence-corrected chi connectivity index (χ2v) is 6.14. The Morgan fingerprint density at radius 2 is 1.75 bits per heavy atom. The quantitative estimate of drug-likeness (QED) is 0.776. The minimum atomic E-state index is 0.211. The Morgan fingerprint density at radius 1 is 1.00 bits per heavy atom. The summed E-state index contributed by atoms with van der Waals surface area (Å²) in [6, 6.07) is 14.3. The van der Waals surface area contributed by atoms with Crippen molar-refractivity contribution < 1.29 is 4.79 Å². The van der Waals surface area contributed by atoms with Crippen LogP contribution < -0.4 is 0 Å². The second kappa shape index (κ2) is 4.71. The Morgan fingerprint density at radius 3 is 2.50 bits per heavy atom. The Hall–Kier alpha value is -1.67.